The maximum absolute atomic E-state index is 13.0. The van der Waals surface area contributed by atoms with E-state index in [1.807, 2.05) is 19.2 Å². The molecular weight excluding hydrogens is 292 g/mol. The molecule has 0 saturated carbocycles. The van der Waals surface area contributed by atoms with Crippen molar-refractivity contribution in [2.75, 3.05) is 13.1 Å². The predicted octanol–water partition coefficient (Wildman–Crippen LogP) is 2.73. The molecule has 114 valence electrons. The standard InChI is InChI=1S/C14H24N2O2S2/c1-4-12-7-6-8-16(12)20(17,18)14-11(3)10-19-13(14)9-15-5-2/h10,12,15H,4-9H2,1-3H3. The molecule has 1 N–H and O–H groups in total. The maximum atomic E-state index is 13.0. The van der Waals surface area contributed by atoms with Crippen LogP contribution in [0.4, 0.5) is 0 Å². The molecule has 1 aliphatic heterocycles. The third-order valence-corrected chi connectivity index (χ3v) is 7.30. The highest BCUT2D eigenvalue weighted by Gasteiger charge is 2.36. The normalized spacial score (nSPS) is 20.6. The predicted molar refractivity (Wildman–Crippen MR) is 83.6 cm³/mol. The van der Waals surface area contributed by atoms with E-state index in [4.69, 9.17) is 0 Å². The number of hydrogen-bond acceptors (Lipinski definition) is 4. The molecule has 0 amide bonds. The van der Waals surface area contributed by atoms with E-state index in [1.165, 1.54) is 0 Å². The van der Waals surface area contributed by atoms with Crippen LogP contribution in [-0.4, -0.2) is 31.9 Å². The molecular formula is C14H24N2O2S2. The van der Waals surface area contributed by atoms with Crippen LogP contribution in [0.15, 0.2) is 10.3 Å². The Hall–Kier alpha value is -0.430. The van der Waals surface area contributed by atoms with Crippen molar-refractivity contribution in [1.29, 1.82) is 0 Å². The van der Waals surface area contributed by atoms with Gasteiger partial charge in [-0.05, 0) is 43.7 Å². The highest BCUT2D eigenvalue weighted by atomic mass is 32.2. The molecule has 20 heavy (non-hydrogen) atoms. The second kappa shape index (κ2) is 6.56. The van der Waals surface area contributed by atoms with Crippen LogP contribution in [0.1, 0.15) is 43.6 Å². The maximum Gasteiger partial charge on any atom is 0.244 e. The minimum atomic E-state index is -3.34. The summed E-state index contributed by atoms with van der Waals surface area (Å²) in [7, 11) is -3.34. The Balaban J connectivity index is 2.36. The summed E-state index contributed by atoms with van der Waals surface area (Å²) in [5.74, 6) is 0. The van der Waals surface area contributed by atoms with E-state index in [0.29, 0.717) is 18.0 Å². The molecule has 0 aromatic carbocycles. The smallest absolute Gasteiger partial charge is 0.244 e. The fourth-order valence-corrected chi connectivity index (χ4v) is 6.35. The van der Waals surface area contributed by atoms with Crippen molar-refractivity contribution in [2.24, 2.45) is 0 Å². The molecule has 0 aliphatic carbocycles. The van der Waals surface area contributed by atoms with Crippen LogP contribution in [0.2, 0.25) is 0 Å². The topological polar surface area (TPSA) is 49.4 Å². The molecule has 1 aromatic heterocycles. The van der Waals surface area contributed by atoms with Gasteiger partial charge in [-0.3, -0.25) is 0 Å². The molecule has 1 aromatic rings. The van der Waals surface area contributed by atoms with Crippen LogP contribution in [0.5, 0.6) is 0 Å². The molecule has 6 heteroatoms. The van der Waals surface area contributed by atoms with Gasteiger partial charge in [0.15, 0.2) is 0 Å². The van der Waals surface area contributed by atoms with Gasteiger partial charge in [0.2, 0.25) is 10.0 Å². The van der Waals surface area contributed by atoms with Crippen molar-refractivity contribution in [1.82, 2.24) is 9.62 Å². The fraction of sp³-hybridized carbons (Fsp3) is 0.714. The zero-order valence-electron chi connectivity index (χ0n) is 12.5. The van der Waals surface area contributed by atoms with E-state index >= 15 is 0 Å². The first kappa shape index (κ1) is 15.9. The first-order valence-electron chi connectivity index (χ1n) is 7.31. The number of rotatable bonds is 6. The zero-order chi connectivity index (χ0) is 14.8. The van der Waals surface area contributed by atoms with Crippen LogP contribution in [0.25, 0.3) is 0 Å². The van der Waals surface area contributed by atoms with Gasteiger partial charge >= 0.3 is 0 Å². The van der Waals surface area contributed by atoms with Gasteiger partial charge in [-0.15, -0.1) is 11.3 Å². The molecule has 1 saturated heterocycles. The summed E-state index contributed by atoms with van der Waals surface area (Å²) in [6.07, 6.45) is 2.86. The third-order valence-electron chi connectivity index (χ3n) is 3.89. The van der Waals surface area contributed by atoms with Crippen LogP contribution >= 0.6 is 11.3 Å². The number of nitrogens with zero attached hydrogens (tertiary/aromatic N) is 1. The minimum absolute atomic E-state index is 0.172. The van der Waals surface area contributed by atoms with E-state index in [1.54, 1.807) is 15.6 Å². The van der Waals surface area contributed by atoms with Crippen LogP contribution in [0, 0.1) is 6.92 Å². The van der Waals surface area contributed by atoms with Gasteiger partial charge in [0, 0.05) is 24.0 Å². The van der Waals surface area contributed by atoms with Crippen LogP contribution in [0.3, 0.4) is 0 Å². The van der Waals surface area contributed by atoms with Crippen LogP contribution < -0.4 is 5.32 Å². The Kier molecular flexibility index (Phi) is 5.23. The lowest BCUT2D eigenvalue weighted by atomic mass is 10.2. The molecule has 1 fully saturated rings. The van der Waals surface area contributed by atoms with Crippen molar-refractivity contribution >= 4 is 21.4 Å². The van der Waals surface area contributed by atoms with Crippen molar-refractivity contribution in [2.45, 2.75) is 57.5 Å². The highest BCUT2D eigenvalue weighted by molar-refractivity contribution is 7.89. The lowest BCUT2D eigenvalue weighted by Gasteiger charge is -2.23. The van der Waals surface area contributed by atoms with Gasteiger partial charge in [0.25, 0.3) is 0 Å². The molecule has 2 rings (SSSR count). The molecule has 2 heterocycles. The van der Waals surface area contributed by atoms with Gasteiger partial charge < -0.3 is 5.32 Å². The molecule has 0 radical (unpaired) electrons. The molecule has 1 unspecified atom stereocenters. The minimum Gasteiger partial charge on any atom is -0.312 e. The average molecular weight is 316 g/mol. The van der Waals surface area contributed by atoms with Crippen molar-refractivity contribution < 1.29 is 8.42 Å². The van der Waals surface area contributed by atoms with Gasteiger partial charge in [0.1, 0.15) is 4.90 Å². The monoisotopic (exact) mass is 316 g/mol. The van der Waals surface area contributed by atoms with E-state index in [2.05, 4.69) is 12.2 Å². The van der Waals surface area contributed by atoms with Gasteiger partial charge in [-0.1, -0.05) is 13.8 Å². The number of aryl methyl sites for hydroxylation is 1. The Bertz CT molecular complexity index is 552. The first-order chi connectivity index (χ1) is 9.52. The SMILES string of the molecule is CCNCc1scc(C)c1S(=O)(=O)N1CCCC1CC. The van der Waals surface area contributed by atoms with Gasteiger partial charge in [-0.2, -0.15) is 4.31 Å². The van der Waals surface area contributed by atoms with Gasteiger partial charge in [0.05, 0.1) is 0 Å². The Labute approximate surface area is 126 Å². The van der Waals surface area contributed by atoms with E-state index < -0.39 is 10.0 Å². The Morgan fingerprint density at radius 1 is 1.45 bits per heavy atom. The summed E-state index contributed by atoms with van der Waals surface area (Å²) in [6.45, 7) is 8.14. The summed E-state index contributed by atoms with van der Waals surface area (Å²) in [4.78, 5) is 1.48. The number of nitrogens with one attached hydrogen (secondary N) is 1. The Morgan fingerprint density at radius 2 is 2.20 bits per heavy atom. The number of hydrogen-bond donors (Lipinski definition) is 1. The lowest BCUT2D eigenvalue weighted by Crippen LogP contribution is -2.35. The molecule has 0 bridgehead atoms. The largest absolute Gasteiger partial charge is 0.312 e. The quantitative estimate of drug-likeness (QED) is 0.878. The number of sulfonamides is 1. The molecule has 1 aliphatic rings. The average Bonchev–Trinajstić information content (AvgIpc) is 3.02. The second-order valence-electron chi connectivity index (χ2n) is 5.27. The highest BCUT2D eigenvalue weighted by Crippen LogP contribution is 2.34. The van der Waals surface area contributed by atoms with Crippen LogP contribution in [-0.2, 0) is 16.6 Å². The van der Waals surface area contributed by atoms with Crippen molar-refractivity contribution in [3.63, 3.8) is 0 Å². The van der Waals surface area contributed by atoms with Crippen molar-refractivity contribution in [3.05, 3.63) is 15.8 Å². The summed E-state index contributed by atoms with van der Waals surface area (Å²) < 4.78 is 27.7. The lowest BCUT2D eigenvalue weighted by molar-refractivity contribution is 0.379. The summed E-state index contributed by atoms with van der Waals surface area (Å²) in [5, 5.41) is 5.19. The Morgan fingerprint density at radius 3 is 2.85 bits per heavy atom. The summed E-state index contributed by atoms with van der Waals surface area (Å²) in [5.41, 5.74) is 0.879. The van der Waals surface area contributed by atoms with Crippen molar-refractivity contribution in [3.8, 4) is 0 Å². The zero-order valence-corrected chi connectivity index (χ0v) is 14.1. The van der Waals surface area contributed by atoms with Gasteiger partial charge in [-0.25, -0.2) is 8.42 Å². The molecule has 0 spiro atoms. The molecule has 4 nitrogen and oxygen atoms in total. The summed E-state index contributed by atoms with van der Waals surface area (Å²) >= 11 is 1.54. The molecule has 1 atom stereocenters. The van der Waals surface area contributed by atoms with E-state index in [9.17, 15) is 8.42 Å². The second-order valence-corrected chi connectivity index (χ2v) is 8.06. The first-order valence-corrected chi connectivity index (χ1v) is 9.63. The fourth-order valence-electron chi connectivity index (χ4n) is 2.85. The number of thiophene rings is 1. The van der Waals surface area contributed by atoms with E-state index in [0.717, 1.165) is 36.2 Å². The third kappa shape index (κ3) is 2.93. The van der Waals surface area contributed by atoms with E-state index in [-0.39, 0.29) is 6.04 Å². The summed E-state index contributed by atoms with van der Waals surface area (Å²) in [6, 6.07) is 0.172.